The summed E-state index contributed by atoms with van der Waals surface area (Å²) in [6.45, 7) is 1.90. The van der Waals surface area contributed by atoms with Crippen LogP contribution in [0.25, 0.3) is 5.52 Å². The summed E-state index contributed by atoms with van der Waals surface area (Å²) in [7, 11) is 1.34. The highest BCUT2D eigenvalue weighted by atomic mass is 79.9. The van der Waals surface area contributed by atoms with Gasteiger partial charge in [0.15, 0.2) is 5.69 Å². The van der Waals surface area contributed by atoms with Crippen molar-refractivity contribution in [2.75, 3.05) is 7.11 Å². The SMILES string of the molecule is COC(=O)c1nc(CC(C)N)n2cc(Br)ccc12. The van der Waals surface area contributed by atoms with E-state index in [2.05, 4.69) is 20.9 Å². The van der Waals surface area contributed by atoms with E-state index in [1.807, 2.05) is 29.7 Å². The van der Waals surface area contributed by atoms with E-state index in [1.54, 1.807) is 0 Å². The molecule has 6 heteroatoms. The van der Waals surface area contributed by atoms with Crippen LogP contribution in [0.1, 0.15) is 23.2 Å². The third kappa shape index (κ3) is 2.39. The highest BCUT2D eigenvalue weighted by molar-refractivity contribution is 9.10. The Morgan fingerprint density at radius 1 is 1.61 bits per heavy atom. The first-order valence-corrected chi connectivity index (χ1v) is 6.32. The van der Waals surface area contributed by atoms with Crippen molar-refractivity contribution >= 4 is 27.4 Å². The van der Waals surface area contributed by atoms with Gasteiger partial charge < -0.3 is 14.9 Å². The summed E-state index contributed by atoms with van der Waals surface area (Å²) >= 11 is 3.40. The molecule has 0 saturated heterocycles. The van der Waals surface area contributed by atoms with Gasteiger partial charge in [0, 0.05) is 23.1 Å². The second-order valence-electron chi connectivity index (χ2n) is 4.15. The van der Waals surface area contributed by atoms with Crippen LogP contribution in [0.4, 0.5) is 0 Å². The number of hydrogen-bond acceptors (Lipinski definition) is 4. The van der Waals surface area contributed by atoms with E-state index in [-0.39, 0.29) is 6.04 Å². The maximum absolute atomic E-state index is 11.7. The number of imidazole rings is 1. The number of carbonyl (C=O) groups is 1. The molecule has 0 bridgehead atoms. The van der Waals surface area contributed by atoms with Crippen LogP contribution in [0.2, 0.25) is 0 Å². The van der Waals surface area contributed by atoms with Crippen molar-refractivity contribution in [2.24, 2.45) is 5.73 Å². The third-order valence-corrected chi connectivity index (χ3v) is 3.03. The molecule has 0 radical (unpaired) electrons. The molecule has 18 heavy (non-hydrogen) atoms. The topological polar surface area (TPSA) is 69.6 Å². The van der Waals surface area contributed by atoms with E-state index in [0.29, 0.717) is 12.1 Å². The number of pyridine rings is 1. The first-order valence-electron chi connectivity index (χ1n) is 5.53. The number of ether oxygens (including phenoxy) is 1. The van der Waals surface area contributed by atoms with Gasteiger partial charge in [0.1, 0.15) is 5.82 Å². The minimum absolute atomic E-state index is 0.0277. The number of esters is 1. The van der Waals surface area contributed by atoms with E-state index in [4.69, 9.17) is 10.5 Å². The molecule has 0 aliphatic heterocycles. The summed E-state index contributed by atoms with van der Waals surface area (Å²) in [6.07, 6.45) is 2.46. The predicted molar refractivity (Wildman–Crippen MR) is 71.6 cm³/mol. The fourth-order valence-electron chi connectivity index (χ4n) is 1.80. The first kappa shape index (κ1) is 13.0. The number of nitrogens with zero attached hydrogens (tertiary/aromatic N) is 2. The van der Waals surface area contributed by atoms with Gasteiger partial charge in [0.2, 0.25) is 0 Å². The fourth-order valence-corrected chi connectivity index (χ4v) is 2.14. The fraction of sp³-hybridized carbons (Fsp3) is 0.333. The highest BCUT2D eigenvalue weighted by Crippen LogP contribution is 2.19. The monoisotopic (exact) mass is 311 g/mol. The van der Waals surface area contributed by atoms with Crippen molar-refractivity contribution < 1.29 is 9.53 Å². The Hall–Kier alpha value is -1.40. The van der Waals surface area contributed by atoms with Gasteiger partial charge in [-0.3, -0.25) is 0 Å². The van der Waals surface area contributed by atoms with Gasteiger partial charge in [-0.1, -0.05) is 0 Å². The molecule has 0 aliphatic carbocycles. The number of hydrogen-bond donors (Lipinski definition) is 1. The van der Waals surface area contributed by atoms with Crippen molar-refractivity contribution in [2.45, 2.75) is 19.4 Å². The zero-order chi connectivity index (χ0) is 13.3. The van der Waals surface area contributed by atoms with Gasteiger partial charge in [0.25, 0.3) is 0 Å². The minimum atomic E-state index is -0.439. The average molecular weight is 312 g/mol. The number of carbonyl (C=O) groups excluding carboxylic acids is 1. The maximum atomic E-state index is 11.7. The summed E-state index contributed by atoms with van der Waals surface area (Å²) < 4.78 is 7.51. The molecule has 2 heterocycles. The lowest BCUT2D eigenvalue weighted by molar-refractivity contribution is 0.0597. The van der Waals surface area contributed by atoms with Crippen LogP contribution in [-0.2, 0) is 11.2 Å². The highest BCUT2D eigenvalue weighted by Gasteiger charge is 2.18. The Kier molecular flexibility index (Phi) is 3.68. The number of methoxy groups -OCH3 is 1. The molecule has 0 aromatic carbocycles. The second kappa shape index (κ2) is 5.07. The molecule has 1 unspecified atom stereocenters. The molecule has 1 atom stereocenters. The molecule has 0 fully saturated rings. The molecule has 2 N–H and O–H groups in total. The van der Waals surface area contributed by atoms with Crippen LogP contribution in [0.5, 0.6) is 0 Å². The van der Waals surface area contributed by atoms with Crippen molar-refractivity contribution in [3.8, 4) is 0 Å². The summed E-state index contributed by atoms with van der Waals surface area (Å²) in [6, 6.07) is 3.66. The Morgan fingerprint density at radius 2 is 2.33 bits per heavy atom. The summed E-state index contributed by atoms with van der Waals surface area (Å²) in [5.74, 6) is 0.312. The minimum Gasteiger partial charge on any atom is -0.464 e. The predicted octanol–water partition coefficient (Wildman–Crippen LogP) is 1.77. The lowest BCUT2D eigenvalue weighted by Gasteiger charge is -2.04. The average Bonchev–Trinajstić information content (AvgIpc) is 2.66. The molecule has 0 amide bonds. The summed E-state index contributed by atoms with van der Waals surface area (Å²) in [5, 5.41) is 0. The van der Waals surface area contributed by atoms with E-state index in [9.17, 15) is 4.79 Å². The maximum Gasteiger partial charge on any atom is 0.358 e. The summed E-state index contributed by atoms with van der Waals surface area (Å²) in [5.41, 5.74) is 6.83. The lowest BCUT2D eigenvalue weighted by atomic mass is 10.2. The van der Waals surface area contributed by atoms with Gasteiger partial charge >= 0.3 is 5.97 Å². The van der Waals surface area contributed by atoms with E-state index in [0.717, 1.165) is 15.8 Å². The smallest absolute Gasteiger partial charge is 0.358 e. The van der Waals surface area contributed by atoms with Gasteiger partial charge in [-0.25, -0.2) is 9.78 Å². The molecule has 0 saturated carbocycles. The van der Waals surface area contributed by atoms with Gasteiger partial charge in [-0.05, 0) is 35.0 Å². The molecular formula is C12H14BrN3O2. The van der Waals surface area contributed by atoms with Crippen molar-refractivity contribution in [1.82, 2.24) is 9.38 Å². The zero-order valence-corrected chi connectivity index (χ0v) is 11.8. The molecule has 96 valence electrons. The number of aromatic nitrogens is 2. The number of rotatable bonds is 3. The van der Waals surface area contributed by atoms with Crippen LogP contribution in [0, 0.1) is 0 Å². The van der Waals surface area contributed by atoms with Crippen LogP contribution in [0.15, 0.2) is 22.8 Å². The first-order chi connectivity index (χ1) is 8.52. The molecule has 5 nitrogen and oxygen atoms in total. The van der Waals surface area contributed by atoms with Gasteiger partial charge in [-0.2, -0.15) is 0 Å². The molecule has 0 aliphatic rings. The third-order valence-electron chi connectivity index (χ3n) is 2.56. The molecule has 2 aromatic heterocycles. The summed E-state index contributed by atoms with van der Waals surface area (Å²) in [4.78, 5) is 16.0. The molecular weight excluding hydrogens is 298 g/mol. The normalized spacial score (nSPS) is 12.7. The lowest BCUT2D eigenvalue weighted by Crippen LogP contribution is -2.19. The van der Waals surface area contributed by atoms with Gasteiger partial charge in [0.05, 0.1) is 12.6 Å². The number of nitrogens with two attached hydrogens (primary N) is 1. The molecule has 2 aromatic rings. The quantitative estimate of drug-likeness (QED) is 0.877. The Bertz CT molecular complexity index is 592. The Morgan fingerprint density at radius 3 is 2.94 bits per heavy atom. The van der Waals surface area contributed by atoms with Crippen molar-refractivity contribution in [3.63, 3.8) is 0 Å². The van der Waals surface area contributed by atoms with Gasteiger partial charge in [-0.15, -0.1) is 0 Å². The zero-order valence-electron chi connectivity index (χ0n) is 10.2. The standard InChI is InChI=1S/C12H14BrN3O2/c1-7(14)5-10-15-11(12(17)18-2)9-4-3-8(13)6-16(9)10/h3-4,6-7H,5,14H2,1-2H3. The van der Waals surface area contributed by atoms with E-state index >= 15 is 0 Å². The molecule has 2 rings (SSSR count). The Balaban J connectivity index is 2.63. The largest absolute Gasteiger partial charge is 0.464 e. The van der Waals surface area contributed by atoms with Crippen LogP contribution in [-0.4, -0.2) is 28.5 Å². The Labute approximate surface area is 113 Å². The van der Waals surface area contributed by atoms with Crippen molar-refractivity contribution in [1.29, 1.82) is 0 Å². The number of halogens is 1. The molecule has 0 spiro atoms. The van der Waals surface area contributed by atoms with Crippen LogP contribution >= 0.6 is 15.9 Å². The van der Waals surface area contributed by atoms with E-state index < -0.39 is 5.97 Å². The second-order valence-corrected chi connectivity index (χ2v) is 5.07. The number of fused-ring (bicyclic) bond motifs is 1. The van der Waals surface area contributed by atoms with Crippen LogP contribution in [0.3, 0.4) is 0 Å². The van der Waals surface area contributed by atoms with Crippen LogP contribution < -0.4 is 5.73 Å². The van der Waals surface area contributed by atoms with Crippen molar-refractivity contribution in [3.05, 3.63) is 34.3 Å². The van der Waals surface area contributed by atoms with E-state index in [1.165, 1.54) is 7.11 Å².